The molecule has 0 aromatic heterocycles. The van der Waals surface area contributed by atoms with Crippen molar-refractivity contribution in [1.29, 1.82) is 0 Å². The quantitative estimate of drug-likeness (QED) is 0.381. The van der Waals surface area contributed by atoms with Crippen LogP contribution in [0.1, 0.15) is 20.3 Å². The van der Waals surface area contributed by atoms with Crippen LogP contribution in [0.15, 0.2) is 12.2 Å². The molecule has 14 heavy (non-hydrogen) atoms. The highest BCUT2D eigenvalue weighted by Gasteiger charge is 2.28. The van der Waals surface area contributed by atoms with Gasteiger partial charge in [0.05, 0.1) is 0 Å². The average molecular weight is 217 g/mol. The molecule has 1 unspecified atom stereocenters. The topological polar surface area (TPSA) is 44.8 Å². The number of rotatable bonds is 6. The molecule has 0 saturated carbocycles. The van der Waals surface area contributed by atoms with E-state index in [9.17, 15) is 4.79 Å². The fourth-order valence-electron chi connectivity index (χ4n) is 0.874. The number of carbonyl (C=O) groups excluding carboxylic acids is 1. The largest absolute Gasteiger partial charge is 0.457 e. The summed E-state index contributed by atoms with van der Waals surface area (Å²) in [7, 11) is 1.58. The molecule has 0 spiro atoms. The molecule has 0 aromatic carbocycles. The van der Waals surface area contributed by atoms with Crippen LogP contribution in [0.2, 0.25) is 0 Å². The van der Waals surface area contributed by atoms with Gasteiger partial charge >= 0.3 is 15.3 Å². The van der Waals surface area contributed by atoms with Gasteiger partial charge in [0, 0.05) is 19.8 Å². The summed E-state index contributed by atoms with van der Waals surface area (Å²) in [6, 6.07) is 0. The minimum absolute atomic E-state index is 0.292. The second-order valence-electron chi connectivity index (χ2n) is 2.81. The Morgan fingerprint density at radius 3 is 2.21 bits per heavy atom. The van der Waals surface area contributed by atoms with E-state index in [4.69, 9.17) is 13.6 Å². The lowest BCUT2D eigenvalue weighted by atomic mass is 10.4. The monoisotopic (exact) mass is 217 g/mol. The fourth-order valence-corrected chi connectivity index (χ4v) is 2.10. The Balaban J connectivity index is 4.27. The van der Waals surface area contributed by atoms with Crippen LogP contribution in [-0.2, 0) is 18.4 Å². The Labute approximate surface area is 86.7 Å². The van der Waals surface area contributed by atoms with Gasteiger partial charge in [-0.15, -0.1) is 0 Å². The summed E-state index contributed by atoms with van der Waals surface area (Å²) in [5.74, 6) is -0.395. The lowest BCUT2D eigenvalue weighted by Gasteiger charge is -2.20. The standard InChI is InChI=1S/C9H17O4Si/c1-6-8(14(11-4)12-5)13-9(10)7(2)3/h8H,2,6H2,1,3-5H3. The first-order valence-corrected chi connectivity index (χ1v) is 5.77. The van der Waals surface area contributed by atoms with Crippen molar-refractivity contribution in [3.63, 3.8) is 0 Å². The smallest absolute Gasteiger partial charge is 0.429 e. The van der Waals surface area contributed by atoms with Gasteiger partial charge < -0.3 is 13.6 Å². The summed E-state index contributed by atoms with van der Waals surface area (Å²) in [6.07, 6.45) is 0.676. The van der Waals surface area contributed by atoms with E-state index in [0.717, 1.165) is 0 Å². The highest BCUT2D eigenvalue weighted by atomic mass is 28.3. The molecule has 1 atom stereocenters. The zero-order valence-electron chi connectivity index (χ0n) is 9.12. The number of hydrogen-bond donors (Lipinski definition) is 0. The van der Waals surface area contributed by atoms with Crippen molar-refractivity contribution in [2.45, 2.75) is 26.0 Å². The summed E-state index contributed by atoms with van der Waals surface area (Å²) in [4.78, 5) is 11.2. The maximum Gasteiger partial charge on any atom is 0.429 e. The van der Waals surface area contributed by atoms with Gasteiger partial charge in [0.1, 0.15) is 5.73 Å². The highest BCUT2D eigenvalue weighted by molar-refractivity contribution is 6.46. The Morgan fingerprint density at radius 2 is 1.93 bits per heavy atom. The SMILES string of the molecule is C=C(C)C(=O)OC(CC)[Si](OC)OC. The van der Waals surface area contributed by atoms with Crippen molar-refractivity contribution in [3.05, 3.63) is 12.2 Å². The van der Waals surface area contributed by atoms with E-state index in [1.165, 1.54) is 0 Å². The Bertz CT molecular complexity index is 201. The van der Waals surface area contributed by atoms with Gasteiger partial charge in [-0.25, -0.2) is 4.79 Å². The van der Waals surface area contributed by atoms with E-state index in [1.807, 2.05) is 6.92 Å². The lowest BCUT2D eigenvalue weighted by molar-refractivity contribution is -0.142. The molecule has 0 heterocycles. The highest BCUT2D eigenvalue weighted by Crippen LogP contribution is 2.07. The van der Waals surface area contributed by atoms with E-state index in [0.29, 0.717) is 12.0 Å². The van der Waals surface area contributed by atoms with Crippen molar-refractivity contribution >= 4 is 15.3 Å². The second-order valence-corrected chi connectivity index (χ2v) is 4.91. The molecule has 0 aromatic rings. The first kappa shape index (κ1) is 13.3. The Kier molecular flexibility index (Phi) is 6.43. The summed E-state index contributed by atoms with van der Waals surface area (Å²) in [6.45, 7) is 7.04. The Morgan fingerprint density at radius 1 is 1.43 bits per heavy atom. The molecule has 0 aliphatic rings. The second kappa shape index (κ2) is 6.75. The molecule has 0 bridgehead atoms. The zero-order valence-corrected chi connectivity index (χ0v) is 10.1. The van der Waals surface area contributed by atoms with Gasteiger partial charge in [-0.05, 0) is 13.3 Å². The van der Waals surface area contributed by atoms with Gasteiger partial charge in [-0.2, -0.15) is 0 Å². The van der Waals surface area contributed by atoms with Gasteiger partial charge in [-0.1, -0.05) is 13.5 Å². The van der Waals surface area contributed by atoms with Crippen LogP contribution < -0.4 is 0 Å². The number of esters is 1. The molecule has 0 fully saturated rings. The van der Waals surface area contributed by atoms with Crippen molar-refractivity contribution in [2.24, 2.45) is 0 Å². The summed E-state index contributed by atoms with van der Waals surface area (Å²) >= 11 is 0. The summed E-state index contributed by atoms with van der Waals surface area (Å²) in [5.41, 5.74) is 0.0937. The number of hydrogen-bond acceptors (Lipinski definition) is 4. The van der Waals surface area contributed by atoms with Crippen molar-refractivity contribution in [2.75, 3.05) is 14.2 Å². The van der Waals surface area contributed by atoms with Crippen LogP contribution >= 0.6 is 0 Å². The molecule has 1 radical (unpaired) electrons. The van der Waals surface area contributed by atoms with E-state index in [1.54, 1.807) is 21.1 Å². The molecule has 5 heteroatoms. The van der Waals surface area contributed by atoms with Gasteiger partial charge in [-0.3, -0.25) is 0 Å². The molecule has 0 aliphatic heterocycles. The predicted molar refractivity (Wildman–Crippen MR) is 54.8 cm³/mol. The first-order valence-electron chi connectivity index (χ1n) is 4.38. The predicted octanol–water partition coefficient (Wildman–Crippen LogP) is 1.20. The van der Waals surface area contributed by atoms with Crippen molar-refractivity contribution in [1.82, 2.24) is 0 Å². The summed E-state index contributed by atoms with van der Waals surface area (Å²) < 4.78 is 15.4. The molecular formula is C9H17O4Si. The first-order chi connectivity index (χ1) is 6.56. The normalized spacial score (nSPS) is 12.6. The van der Waals surface area contributed by atoms with Gasteiger partial charge in [0.15, 0.2) is 0 Å². The van der Waals surface area contributed by atoms with Crippen LogP contribution in [-0.4, -0.2) is 35.2 Å². The third-order valence-corrected chi connectivity index (χ3v) is 3.49. The van der Waals surface area contributed by atoms with Crippen LogP contribution in [0.4, 0.5) is 0 Å². The van der Waals surface area contributed by atoms with Crippen molar-refractivity contribution in [3.8, 4) is 0 Å². The summed E-state index contributed by atoms with van der Waals surface area (Å²) in [5, 5.41) is 0. The molecular weight excluding hydrogens is 200 g/mol. The molecule has 0 aliphatic carbocycles. The molecule has 0 amide bonds. The molecule has 0 saturated heterocycles. The van der Waals surface area contributed by atoms with E-state index < -0.39 is 15.3 Å². The van der Waals surface area contributed by atoms with Gasteiger partial charge in [0.25, 0.3) is 0 Å². The maximum absolute atomic E-state index is 11.2. The molecule has 0 rings (SSSR count). The minimum Gasteiger partial charge on any atom is -0.457 e. The van der Waals surface area contributed by atoms with Crippen LogP contribution in [0.3, 0.4) is 0 Å². The number of carbonyl (C=O) groups is 1. The fraction of sp³-hybridized carbons (Fsp3) is 0.667. The molecule has 81 valence electrons. The maximum atomic E-state index is 11.2. The third kappa shape index (κ3) is 4.04. The Hall–Kier alpha value is -0.653. The third-order valence-electron chi connectivity index (χ3n) is 1.63. The van der Waals surface area contributed by atoms with E-state index in [2.05, 4.69) is 6.58 Å². The van der Waals surface area contributed by atoms with E-state index >= 15 is 0 Å². The average Bonchev–Trinajstić information content (AvgIpc) is 2.17. The van der Waals surface area contributed by atoms with Crippen LogP contribution in [0, 0.1) is 0 Å². The van der Waals surface area contributed by atoms with Crippen molar-refractivity contribution < 1.29 is 18.4 Å². The minimum atomic E-state index is -1.52. The zero-order chi connectivity index (χ0) is 11.1. The molecule has 4 nitrogen and oxygen atoms in total. The molecule has 0 N–H and O–H groups in total. The lowest BCUT2D eigenvalue weighted by Crippen LogP contribution is -2.38. The van der Waals surface area contributed by atoms with Crippen LogP contribution in [0.5, 0.6) is 0 Å². The van der Waals surface area contributed by atoms with E-state index in [-0.39, 0.29) is 5.73 Å². The number of ether oxygens (including phenoxy) is 1. The van der Waals surface area contributed by atoms with Crippen LogP contribution in [0.25, 0.3) is 0 Å². The van der Waals surface area contributed by atoms with Gasteiger partial charge in [0.2, 0.25) is 0 Å².